The standard InChI is InChI=1S/C19H28F2N4O2/c1-14(2)5-10-23-12-19(8-4-16(23)26)7-3-9-24(13-19)17(27)15-6-11-25(22-15)18(20)21/h6,11,14,18H,3-5,7-10,12-13H2,1-2H3/t19-/m0/s1. The molecule has 3 rings (SSSR count). The molecule has 150 valence electrons. The lowest BCUT2D eigenvalue weighted by Crippen LogP contribution is -2.55. The van der Waals surface area contributed by atoms with Crippen molar-refractivity contribution in [1.29, 1.82) is 0 Å². The summed E-state index contributed by atoms with van der Waals surface area (Å²) in [6.45, 7) is 4.12. The maximum absolute atomic E-state index is 12.7. The van der Waals surface area contributed by atoms with Crippen molar-refractivity contribution in [3.63, 3.8) is 0 Å². The number of alkyl halides is 2. The number of amides is 2. The second-order valence-corrected chi connectivity index (χ2v) is 8.29. The molecule has 1 atom stereocenters. The van der Waals surface area contributed by atoms with E-state index in [0.29, 0.717) is 36.7 Å². The van der Waals surface area contributed by atoms with Crippen molar-refractivity contribution in [1.82, 2.24) is 19.6 Å². The number of carbonyl (C=O) groups is 2. The molecular formula is C19H28F2N4O2. The average molecular weight is 382 g/mol. The third kappa shape index (κ3) is 4.47. The van der Waals surface area contributed by atoms with Crippen molar-refractivity contribution in [3.8, 4) is 0 Å². The van der Waals surface area contributed by atoms with Crippen molar-refractivity contribution in [2.75, 3.05) is 26.2 Å². The molecule has 0 N–H and O–H groups in total. The molecule has 0 aromatic carbocycles. The second kappa shape index (κ2) is 7.94. The molecule has 1 aromatic heterocycles. The smallest absolute Gasteiger partial charge is 0.333 e. The van der Waals surface area contributed by atoms with Gasteiger partial charge in [-0.05, 0) is 37.7 Å². The molecule has 2 aliphatic rings. The quantitative estimate of drug-likeness (QED) is 0.786. The lowest BCUT2D eigenvalue weighted by atomic mass is 9.73. The van der Waals surface area contributed by atoms with Gasteiger partial charge in [0.05, 0.1) is 0 Å². The Morgan fingerprint density at radius 1 is 1.30 bits per heavy atom. The lowest BCUT2D eigenvalue weighted by Gasteiger charge is -2.48. The number of rotatable bonds is 5. The number of hydrogen-bond donors (Lipinski definition) is 0. The number of nitrogens with zero attached hydrogens (tertiary/aromatic N) is 4. The Bertz CT molecular complexity index is 691. The predicted molar refractivity (Wildman–Crippen MR) is 96.3 cm³/mol. The monoisotopic (exact) mass is 382 g/mol. The molecule has 8 heteroatoms. The van der Waals surface area contributed by atoms with Gasteiger partial charge in [0, 0.05) is 44.2 Å². The Balaban J connectivity index is 1.68. The molecule has 3 heterocycles. The molecule has 0 aliphatic carbocycles. The third-order valence-electron chi connectivity index (χ3n) is 5.70. The summed E-state index contributed by atoms with van der Waals surface area (Å²) < 4.78 is 25.9. The molecule has 1 aromatic rings. The summed E-state index contributed by atoms with van der Waals surface area (Å²) in [7, 11) is 0. The van der Waals surface area contributed by atoms with E-state index < -0.39 is 6.55 Å². The molecule has 1 spiro atoms. The van der Waals surface area contributed by atoms with Crippen LogP contribution in [0.15, 0.2) is 12.3 Å². The van der Waals surface area contributed by atoms with E-state index in [1.165, 1.54) is 6.07 Å². The van der Waals surface area contributed by atoms with Gasteiger partial charge in [-0.15, -0.1) is 0 Å². The Morgan fingerprint density at radius 2 is 2.07 bits per heavy atom. The van der Waals surface area contributed by atoms with E-state index in [4.69, 9.17) is 0 Å². The van der Waals surface area contributed by atoms with Crippen LogP contribution in [0.25, 0.3) is 0 Å². The topological polar surface area (TPSA) is 58.4 Å². The van der Waals surface area contributed by atoms with Crippen LogP contribution in [-0.4, -0.2) is 57.6 Å². The lowest BCUT2D eigenvalue weighted by molar-refractivity contribution is -0.139. The van der Waals surface area contributed by atoms with Gasteiger partial charge >= 0.3 is 6.55 Å². The zero-order valence-electron chi connectivity index (χ0n) is 16.0. The van der Waals surface area contributed by atoms with Crippen LogP contribution in [-0.2, 0) is 4.79 Å². The number of halogens is 2. The zero-order valence-corrected chi connectivity index (χ0v) is 16.0. The molecule has 6 nitrogen and oxygen atoms in total. The molecule has 2 aliphatic heterocycles. The first kappa shape index (κ1) is 19.8. The normalized spacial score (nSPS) is 23.7. The molecule has 0 bridgehead atoms. The Hall–Kier alpha value is -1.99. The van der Waals surface area contributed by atoms with Gasteiger partial charge in [0.25, 0.3) is 5.91 Å². The van der Waals surface area contributed by atoms with Crippen LogP contribution in [0.2, 0.25) is 0 Å². The highest BCUT2D eigenvalue weighted by Gasteiger charge is 2.43. The molecular weight excluding hydrogens is 354 g/mol. The fourth-order valence-electron chi connectivity index (χ4n) is 4.16. The molecule has 0 radical (unpaired) electrons. The first-order chi connectivity index (χ1) is 12.8. The van der Waals surface area contributed by atoms with Gasteiger partial charge in [0.15, 0.2) is 5.69 Å². The molecule has 2 amide bonds. The van der Waals surface area contributed by atoms with Crippen molar-refractivity contribution < 1.29 is 18.4 Å². The molecule has 2 fully saturated rings. The number of aromatic nitrogens is 2. The second-order valence-electron chi connectivity index (χ2n) is 8.29. The minimum atomic E-state index is -2.75. The third-order valence-corrected chi connectivity index (χ3v) is 5.70. The van der Waals surface area contributed by atoms with E-state index in [-0.39, 0.29) is 22.9 Å². The summed E-state index contributed by atoms with van der Waals surface area (Å²) in [5.74, 6) is 0.421. The van der Waals surface area contributed by atoms with Gasteiger partial charge in [-0.3, -0.25) is 9.59 Å². The van der Waals surface area contributed by atoms with Crippen LogP contribution in [0, 0.1) is 11.3 Å². The average Bonchev–Trinajstić information content (AvgIpc) is 3.12. The highest BCUT2D eigenvalue weighted by atomic mass is 19.3. The van der Waals surface area contributed by atoms with E-state index in [1.807, 2.05) is 4.90 Å². The summed E-state index contributed by atoms with van der Waals surface area (Å²) in [5.41, 5.74) is -0.0414. The maximum atomic E-state index is 12.7. The van der Waals surface area contributed by atoms with E-state index in [1.54, 1.807) is 4.90 Å². The predicted octanol–water partition coefficient (Wildman–Crippen LogP) is 3.17. The van der Waals surface area contributed by atoms with E-state index in [0.717, 1.165) is 38.4 Å². The van der Waals surface area contributed by atoms with Gasteiger partial charge in [-0.2, -0.15) is 13.9 Å². The number of likely N-dealkylation sites (tertiary alicyclic amines) is 2. The summed E-state index contributed by atoms with van der Waals surface area (Å²) in [4.78, 5) is 28.7. The minimum absolute atomic E-state index is 0.0518. The van der Waals surface area contributed by atoms with Crippen LogP contribution < -0.4 is 0 Å². The van der Waals surface area contributed by atoms with Crippen LogP contribution in [0.3, 0.4) is 0 Å². The fourth-order valence-corrected chi connectivity index (χ4v) is 4.16. The van der Waals surface area contributed by atoms with Crippen molar-refractivity contribution in [2.45, 2.75) is 52.5 Å². The number of hydrogen-bond acceptors (Lipinski definition) is 3. The summed E-state index contributed by atoms with van der Waals surface area (Å²) in [6, 6.07) is 1.34. The first-order valence-corrected chi connectivity index (χ1v) is 9.70. The molecule has 0 saturated carbocycles. The van der Waals surface area contributed by atoms with Crippen molar-refractivity contribution in [3.05, 3.63) is 18.0 Å². The minimum Gasteiger partial charge on any atom is -0.342 e. The fraction of sp³-hybridized carbons (Fsp3) is 0.737. The molecule has 27 heavy (non-hydrogen) atoms. The summed E-state index contributed by atoms with van der Waals surface area (Å²) in [6.07, 6.45) is 5.22. The highest BCUT2D eigenvalue weighted by Crippen LogP contribution is 2.39. The van der Waals surface area contributed by atoms with Gasteiger partial charge in [0.1, 0.15) is 0 Å². The Labute approximate surface area is 158 Å². The Kier molecular flexibility index (Phi) is 5.81. The highest BCUT2D eigenvalue weighted by molar-refractivity contribution is 5.92. The van der Waals surface area contributed by atoms with Gasteiger partial charge < -0.3 is 9.80 Å². The van der Waals surface area contributed by atoms with Crippen molar-refractivity contribution in [2.24, 2.45) is 11.3 Å². The van der Waals surface area contributed by atoms with Crippen LogP contribution in [0.4, 0.5) is 8.78 Å². The van der Waals surface area contributed by atoms with E-state index in [9.17, 15) is 18.4 Å². The SMILES string of the molecule is CC(C)CCN1C[C@]2(CCCN(C(=O)c3ccn(C(F)F)n3)C2)CCC1=O. The molecule has 2 saturated heterocycles. The van der Waals surface area contributed by atoms with Crippen LogP contribution in [0.5, 0.6) is 0 Å². The first-order valence-electron chi connectivity index (χ1n) is 9.70. The van der Waals surface area contributed by atoms with Crippen molar-refractivity contribution >= 4 is 11.8 Å². The van der Waals surface area contributed by atoms with Crippen LogP contribution in [0.1, 0.15) is 63.0 Å². The van der Waals surface area contributed by atoms with Gasteiger partial charge in [-0.1, -0.05) is 13.8 Å². The number of piperidine rings is 2. The van der Waals surface area contributed by atoms with Crippen LogP contribution >= 0.6 is 0 Å². The largest absolute Gasteiger partial charge is 0.342 e. The van der Waals surface area contributed by atoms with Gasteiger partial charge in [-0.25, -0.2) is 4.68 Å². The summed E-state index contributed by atoms with van der Waals surface area (Å²) in [5, 5.41) is 3.71. The van der Waals surface area contributed by atoms with E-state index >= 15 is 0 Å². The van der Waals surface area contributed by atoms with E-state index in [2.05, 4.69) is 18.9 Å². The maximum Gasteiger partial charge on any atom is 0.333 e. The Morgan fingerprint density at radius 3 is 2.74 bits per heavy atom. The van der Waals surface area contributed by atoms with Gasteiger partial charge in [0.2, 0.25) is 5.91 Å². The zero-order chi connectivity index (χ0) is 19.6. The number of carbonyl (C=O) groups excluding carboxylic acids is 2. The molecule has 0 unspecified atom stereocenters. The summed E-state index contributed by atoms with van der Waals surface area (Å²) >= 11 is 0.